The van der Waals surface area contributed by atoms with Crippen LogP contribution in [0.5, 0.6) is 0 Å². The number of methoxy groups -OCH3 is 1. The van der Waals surface area contributed by atoms with Crippen LogP contribution in [0.15, 0.2) is 60.9 Å². The molecule has 272 valence electrons. The van der Waals surface area contributed by atoms with E-state index in [1.165, 1.54) is 40.8 Å². The summed E-state index contributed by atoms with van der Waals surface area (Å²) < 4.78 is 23.5. The molecule has 8 rings (SSSR count). The van der Waals surface area contributed by atoms with Gasteiger partial charge in [-0.25, -0.2) is 14.0 Å². The Balaban J connectivity index is 0.000000162. The SMILES string of the molecule is CNC(=O)C1C=C2c3cccc4c3c(cn4C(=O)OCCF)CC2N(C)C1.COC(=O)N(C)C(=O)C1C=C2c3cccc4[nH]cc(c34)CC2N(C)C1. The molecule has 0 radical (unpaired) electrons. The minimum atomic E-state index is -0.705. The Bertz CT molecular complexity index is 2150. The lowest BCUT2D eigenvalue weighted by Gasteiger charge is -2.39. The van der Waals surface area contributed by atoms with Gasteiger partial charge in [-0.1, -0.05) is 36.4 Å². The summed E-state index contributed by atoms with van der Waals surface area (Å²) in [5, 5.41) is 4.97. The normalized spacial score (nSPS) is 21.9. The first-order chi connectivity index (χ1) is 25.1. The third-order valence-corrected chi connectivity index (χ3v) is 10.8. The molecule has 13 heteroatoms. The lowest BCUT2D eigenvalue weighted by Crippen LogP contribution is -2.47. The highest BCUT2D eigenvalue weighted by Gasteiger charge is 2.38. The van der Waals surface area contributed by atoms with Crippen LogP contribution >= 0.6 is 0 Å². The van der Waals surface area contributed by atoms with Gasteiger partial charge in [0.2, 0.25) is 11.8 Å². The van der Waals surface area contributed by atoms with E-state index in [0.717, 1.165) is 50.9 Å². The van der Waals surface area contributed by atoms with Crippen LogP contribution in [0.2, 0.25) is 0 Å². The summed E-state index contributed by atoms with van der Waals surface area (Å²) in [5.74, 6) is -0.814. The number of ether oxygens (including phenoxy) is 2. The molecule has 3 amide bonds. The van der Waals surface area contributed by atoms with Gasteiger partial charge in [-0.05, 0) is 72.5 Å². The highest BCUT2D eigenvalue weighted by Crippen LogP contribution is 2.43. The number of H-pyrrole nitrogens is 1. The predicted octanol–water partition coefficient (Wildman–Crippen LogP) is 4.47. The number of hydrogen-bond acceptors (Lipinski definition) is 8. The number of imide groups is 1. The van der Waals surface area contributed by atoms with E-state index >= 15 is 0 Å². The van der Waals surface area contributed by atoms with Crippen LogP contribution in [-0.4, -0.2) is 122 Å². The largest absolute Gasteiger partial charge is 0.452 e. The van der Waals surface area contributed by atoms with E-state index in [0.29, 0.717) is 13.1 Å². The maximum Gasteiger partial charge on any atom is 0.418 e. The second kappa shape index (κ2) is 14.0. The molecule has 2 aliphatic heterocycles. The molecule has 2 aliphatic carbocycles. The van der Waals surface area contributed by atoms with E-state index in [-0.39, 0.29) is 42.3 Å². The van der Waals surface area contributed by atoms with E-state index in [2.05, 4.69) is 49.2 Å². The second-order valence-electron chi connectivity index (χ2n) is 13.8. The highest BCUT2D eigenvalue weighted by atomic mass is 19.1. The molecule has 0 bridgehead atoms. The van der Waals surface area contributed by atoms with Crippen molar-refractivity contribution in [3.63, 3.8) is 0 Å². The van der Waals surface area contributed by atoms with Gasteiger partial charge in [0.25, 0.3) is 0 Å². The zero-order valence-electron chi connectivity index (χ0n) is 29.9. The number of nitrogens with one attached hydrogen (secondary N) is 2. The molecule has 0 saturated heterocycles. The quantitative estimate of drug-likeness (QED) is 0.318. The topological polar surface area (TPSA) is 129 Å². The van der Waals surface area contributed by atoms with Gasteiger partial charge in [-0.3, -0.25) is 28.9 Å². The predicted molar refractivity (Wildman–Crippen MR) is 195 cm³/mol. The average Bonchev–Trinajstić information content (AvgIpc) is 3.76. The van der Waals surface area contributed by atoms with E-state index < -0.39 is 18.9 Å². The molecule has 2 aromatic heterocycles. The van der Waals surface area contributed by atoms with Crippen LogP contribution in [0, 0.1) is 11.8 Å². The summed E-state index contributed by atoms with van der Waals surface area (Å²) in [6, 6.07) is 12.4. The molecule has 0 spiro atoms. The molecular formula is C39H43FN6O6. The van der Waals surface area contributed by atoms with Crippen LogP contribution in [0.1, 0.15) is 22.3 Å². The monoisotopic (exact) mass is 710 g/mol. The maximum atomic E-state index is 12.7. The third kappa shape index (κ3) is 5.97. The van der Waals surface area contributed by atoms with E-state index in [4.69, 9.17) is 4.74 Å². The van der Waals surface area contributed by atoms with Crippen LogP contribution in [0.25, 0.3) is 33.0 Å². The van der Waals surface area contributed by atoms with Crippen LogP contribution in [0.4, 0.5) is 14.0 Å². The number of fused-ring (bicyclic) bond motifs is 4. The molecule has 0 saturated carbocycles. The number of hydrogen-bond donors (Lipinski definition) is 2. The molecule has 4 heterocycles. The number of carbonyl (C=O) groups is 4. The van der Waals surface area contributed by atoms with E-state index in [1.54, 1.807) is 13.2 Å². The second-order valence-corrected chi connectivity index (χ2v) is 13.8. The number of nitrogens with zero attached hydrogens (tertiary/aromatic N) is 4. The van der Waals surface area contributed by atoms with Gasteiger partial charge in [0.15, 0.2) is 0 Å². The van der Waals surface area contributed by atoms with Crippen molar-refractivity contribution in [2.24, 2.45) is 11.8 Å². The Morgan fingerprint density at radius 3 is 2.23 bits per heavy atom. The minimum absolute atomic E-state index is 0.00172. The molecule has 0 fully saturated rings. The maximum absolute atomic E-state index is 12.7. The van der Waals surface area contributed by atoms with Gasteiger partial charge >= 0.3 is 12.2 Å². The van der Waals surface area contributed by atoms with Gasteiger partial charge in [-0.15, -0.1) is 0 Å². The summed E-state index contributed by atoms with van der Waals surface area (Å²) in [4.78, 5) is 57.7. The molecule has 52 heavy (non-hydrogen) atoms. The zero-order valence-corrected chi connectivity index (χ0v) is 29.9. The van der Waals surface area contributed by atoms with Crippen molar-refractivity contribution in [1.82, 2.24) is 29.6 Å². The smallest absolute Gasteiger partial charge is 0.418 e. The Hall–Kier alpha value is -5.27. The van der Waals surface area contributed by atoms with Crippen molar-refractivity contribution in [2.45, 2.75) is 24.9 Å². The summed E-state index contributed by atoms with van der Waals surface area (Å²) in [6.07, 6.45) is 8.44. The standard InChI is InChI=1S/C20H22FN3O3.C19H21N3O3/c1-22-19(25)13-8-15-14-4-3-5-16-18(14)12(9-17(15)23(2)10-13)11-24(16)20(26)27-7-6-21;1-21-10-12(18(23)22(2)19(24)25-3)7-14-13-5-4-6-15-17(13)11(9-20-15)8-16(14)21/h3-5,8,11,13,17H,6-7,9-10H2,1-2H3,(H,22,25);4-7,9,12,16,20H,8,10H2,1-3H3. The number of carbonyl (C=O) groups excluding carboxylic acids is 4. The fourth-order valence-electron chi connectivity index (χ4n) is 8.33. The van der Waals surface area contributed by atoms with Crippen molar-refractivity contribution in [3.8, 4) is 0 Å². The fraction of sp³-hybridized carbons (Fsp3) is 0.385. The summed E-state index contributed by atoms with van der Waals surface area (Å²) in [7, 11) is 8.45. The van der Waals surface area contributed by atoms with Crippen molar-refractivity contribution >= 4 is 57.0 Å². The van der Waals surface area contributed by atoms with Gasteiger partial charge in [-0.2, -0.15) is 0 Å². The van der Waals surface area contributed by atoms with E-state index in [9.17, 15) is 23.6 Å². The van der Waals surface area contributed by atoms with Crippen LogP contribution < -0.4 is 5.32 Å². The highest BCUT2D eigenvalue weighted by molar-refractivity contribution is 6.03. The molecule has 4 unspecified atom stereocenters. The Kier molecular flexibility index (Phi) is 9.49. The number of aromatic amines is 1. The first-order valence-corrected chi connectivity index (χ1v) is 17.4. The molecule has 4 atom stereocenters. The fourth-order valence-corrected chi connectivity index (χ4v) is 8.33. The van der Waals surface area contributed by atoms with E-state index in [1.807, 2.05) is 44.4 Å². The van der Waals surface area contributed by atoms with Gasteiger partial charge in [0.05, 0.1) is 24.5 Å². The van der Waals surface area contributed by atoms with Crippen molar-refractivity contribution in [3.05, 3.63) is 83.2 Å². The van der Waals surface area contributed by atoms with Gasteiger partial charge in [0, 0.05) is 68.0 Å². The van der Waals surface area contributed by atoms with Crippen molar-refractivity contribution in [2.75, 3.05) is 61.7 Å². The molecule has 4 aromatic rings. The number of amides is 3. The number of likely N-dealkylation sites (N-methyl/N-ethyl adjacent to an activating group) is 2. The summed E-state index contributed by atoms with van der Waals surface area (Å²) in [5.41, 5.74) is 8.74. The first-order valence-electron chi connectivity index (χ1n) is 17.4. The van der Waals surface area contributed by atoms with Crippen molar-refractivity contribution in [1.29, 1.82) is 0 Å². The Morgan fingerprint density at radius 2 is 1.56 bits per heavy atom. The molecule has 2 aromatic carbocycles. The Morgan fingerprint density at radius 1 is 0.923 bits per heavy atom. The van der Waals surface area contributed by atoms with Crippen LogP contribution in [0.3, 0.4) is 0 Å². The number of rotatable bonds is 4. The molecule has 12 nitrogen and oxygen atoms in total. The van der Waals surface area contributed by atoms with Gasteiger partial charge < -0.3 is 19.8 Å². The third-order valence-electron chi connectivity index (χ3n) is 10.8. The zero-order chi connectivity index (χ0) is 36.8. The van der Waals surface area contributed by atoms with Crippen LogP contribution in [-0.2, 0) is 31.9 Å². The molecule has 2 N–H and O–H groups in total. The lowest BCUT2D eigenvalue weighted by molar-refractivity contribution is -0.131. The average molecular weight is 711 g/mol. The number of benzene rings is 2. The molecular weight excluding hydrogens is 667 g/mol. The summed E-state index contributed by atoms with van der Waals surface area (Å²) in [6.45, 7) is 0.282. The minimum Gasteiger partial charge on any atom is -0.452 e. The van der Waals surface area contributed by atoms with Gasteiger partial charge in [0.1, 0.15) is 13.3 Å². The number of halogens is 1. The lowest BCUT2D eigenvalue weighted by atomic mass is 9.79. The number of alkyl halides is 1. The number of aromatic nitrogens is 2. The summed E-state index contributed by atoms with van der Waals surface area (Å²) >= 11 is 0. The van der Waals surface area contributed by atoms with Crippen molar-refractivity contribution < 1.29 is 33.0 Å². The molecule has 4 aliphatic rings. The first kappa shape index (κ1) is 35.1. The Labute approximate surface area is 300 Å².